The van der Waals surface area contributed by atoms with Gasteiger partial charge in [-0.2, -0.15) is 0 Å². The summed E-state index contributed by atoms with van der Waals surface area (Å²) in [5.41, 5.74) is 8.66. The Labute approximate surface area is 197 Å². The van der Waals surface area contributed by atoms with Crippen molar-refractivity contribution in [3.05, 3.63) is 95.6 Å². The number of fused-ring (bicyclic) bond motifs is 1. The zero-order valence-electron chi connectivity index (χ0n) is 18.1. The second-order valence-corrected chi connectivity index (χ2v) is 8.95. The van der Waals surface area contributed by atoms with Gasteiger partial charge in [-0.1, -0.05) is 60.7 Å². The van der Waals surface area contributed by atoms with Crippen molar-refractivity contribution in [2.45, 2.75) is 23.8 Å². The Bertz CT molecular complexity index is 1150. The summed E-state index contributed by atoms with van der Waals surface area (Å²) in [5.74, 6) is -0.546. The molecule has 33 heavy (non-hydrogen) atoms. The summed E-state index contributed by atoms with van der Waals surface area (Å²) >= 11 is 1.43. The van der Waals surface area contributed by atoms with Crippen LogP contribution in [0.2, 0.25) is 0 Å². The minimum atomic E-state index is -0.699. The number of hydrogen-bond donors (Lipinski definition) is 2. The molecule has 6 nitrogen and oxygen atoms in total. The number of carbonyl (C=O) groups is 3. The number of carbonyl (C=O) groups excluding carboxylic acids is 3. The fourth-order valence-electron chi connectivity index (χ4n) is 3.83. The number of nitrogens with two attached hydrogens (primary N) is 1. The molecule has 4 rings (SSSR count). The number of anilines is 1. The van der Waals surface area contributed by atoms with Crippen molar-refractivity contribution in [3.63, 3.8) is 0 Å². The third kappa shape index (κ3) is 5.62. The van der Waals surface area contributed by atoms with Crippen LogP contribution in [0.15, 0.2) is 83.8 Å². The fourth-order valence-corrected chi connectivity index (χ4v) is 4.98. The van der Waals surface area contributed by atoms with Crippen molar-refractivity contribution < 1.29 is 14.4 Å². The monoisotopic (exact) mass is 459 g/mol. The van der Waals surface area contributed by atoms with E-state index in [9.17, 15) is 14.4 Å². The summed E-state index contributed by atoms with van der Waals surface area (Å²) in [6, 6.07) is 23.9. The Morgan fingerprint density at radius 2 is 1.64 bits per heavy atom. The van der Waals surface area contributed by atoms with Gasteiger partial charge in [-0.05, 0) is 35.7 Å². The minimum Gasteiger partial charge on any atom is -0.368 e. The number of thioether (sulfide) groups is 1. The first-order valence-corrected chi connectivity index (χ1v) is 11.7. The van der Waals surface area contributed by atoms with Crippen molar-refractivity contribution in [1.82, 2.24) is 4.90 Å². The van der Waals surface area contributed by atoms with E-state index in [0.29, 0.717) is 30.0 Å². The van der Waals surface area contributed by atoms with Crippen molar-refractivity contribution >= 4 is 35.2 Å². The van der Waals surface area contributed by atoms with Gasteiger partial charge in [-0.3, -0.25) is 14.4 Å². The molecule has 1 aliphatic heterocycles. The molecule has 1 unspecified atom stereocenters. The lowest BCUT2D eigenvalue weighted by Gasteiger charge is -2.27. The normalized spacial score (nSPS) is 15.5. The van der Waals surface area contributed by atoms with Gasteiger partial charge >= 0.3 is 0 Å². The highest BCUT2D eigenvalue weighted by Gasteiger charge is 2.33. The van der Waals surface area contributed by atoms with Gasteiger partial charge in [-0.15, -0.1) is 11.8 Å². The summed E-state index contributed by atoms with van der Waals surface area (Å²) in [6.45, 7) is 0.376. The molecule has 3 aromatic rings. The zero-order chi connectivity index (χ0) is 23.2. The van der Waals surface area contributed by atoms with Gasteiger partial charge in [0, 0.05) is 22.9 Å². The molecule has 1 aliphatic rings. The first kappa shape index (κ1) is 22.6. The average molecular weight is 460 g/mol. The summed E-state index contributed by atoms with van der Waals surface area (Å²) < 4.78 is 0. The molecule has 0 bridgehead atoms. The number of hydrogen-bond acceptors (Lipinski definition) is 4. The van der Waals surface area contributed by atoms with Crippen LogP contribution >= 0.6 is 11.8 Å². The predicted molar refractivity (Wildman–Crippen MR) is 130 cm³/mol. The molecule has 3 amide bonds. The van der Waals surface area contributed by atoms with E-state index in [2.05, 4.69) is 5.32 Å². The van der Waals surface area contributed by atoms with E-state index in [1.54, 1.807) is 17.0 Å². The lowest BCUT2D eigenvalue weighted by atomic mass is 10.1. The van der Waals surface area contributed by atoms with E-state index in [4.69, 9.17) is 5.73 Å². The molecule has 0 fully saturated rings. The molecular weight excluding hydrogens is 434 g/mol. The molecule has 7 heteroatoms. The van der Waals surface area contributed by atoms with E-state index in [1.165, 1.54) is 11.8 Å². The molecule has 0 saturated carbocycles. The Morgan fingerprint density at radius 1 is 0.970 bits per heavy atom. The minimum absolute atomic E-state index is 0.161. The van der Waals surface area contributed by atoms with Crippen LogP contribution in [-0.4, -0.2) is 41.0 Å². The van der Waals surface area contributed by atoms with Crippen LogP contribution in [0.3, 0.4) is 0 Å². The number of nitrogens with zero attached hydrogens (tertiary/aromatic N) is 1. The third-order valence-electron chi connectivity index (χ3n) is 5.55. The first-order valence-electron chi connectivity index (χ1n) is 10.8. The van der Waals surface area contributed by atoms with E-state index >= 15 is 0 Å². The molecule has 3 aromatic carbocycles. The van der Waals surface area contributed by atoms with E-state index < -0.39 is 11.9 Å². The summed E-state index contributed by atoms with van der Waals surface area (Å²) in [7, 11) is 0. The van der Waals surface area contributed by atoms with Crippen LogP contribution in [0.4, 0.5) is 5.69 Å². The van der Waals surface area contributed by atoms with Gasteiger partial charge in [0.1, 0.15) is 6.04 Å². The van der Waals surface area contributed by atoms with Crippen LogP contribution < -0.4 is 11.1 Å². The fraction of sp³-hybridized carbons (Fsp3) is 0.192. The quantitative estimate of drug-likeness (QED) is 0.566. The van der Waals surface area contributed by atoms with Gasteiger partial charge < -0.3 is 16.0 Å². The lowest BCUT2D eigenvalue weighted by Crippen LogP contribution is -2.49. The molecule has 0 spiro atoms. The molecule has 3 N–H and O–H groups in total. The number of benzene rings is 3. The number of rotatable bonds is 7. The topological polar surface area (TPSA) is 92.5 Å². The highest BCUT2D eigenvalue weighted by atomic mass is 32.2. The molecule has 1 heterocycles. The first-order chi connectivity index (χ1) is 16.0. The molecule has 0 radical (unpaired) electrons. The number of primary amides is 1. The van der Waals surface area contributed by atoms with Crippen LogP contribution in [-0.2, 0) is 22.4 Å². The van der Waals surface area contributed by atoms with Crippen molar-refractivity contribution in [2.24, 2.45) is 5.73 Å². The van der Waals surface area contributed by atoms with Gasteiger partial charge in [0.25, 0.3) is 5.91 Å². The Hall–Kier alpha value is -3.58. The predicted octanol–water partition coefficient (Wildman–Crippen LogP) is 3.51. The maximum Gasteiger partial charge on any atom is 0.255 e. The SMILES string of the molecule is NC(=O)C1CSc2ccc(NC(=O)Cc3ccccc3)cc2C(=O)N1CCc1ccccc1. The second kappa shape index (κ2) is 10.4. The molecule has 0 aromatic heterocycles. The summed E-state index contributed by atoms with van der Waals surface area (Å²) in [6.07, 6.45) is 0.859. The zero-order valence-corrected chi connectivity index (χ0v) is 18.9. The van der Waals surface area contributed by atoms with E-state index in [-0.39, 0.29) is 18.2 Å². The largest absolute Gasteiger partial charge is 0.368 e. The van der Waals surface area contributed by atoms with Gasteiger partial charge in [0.05, 0.1) is 12.0 Å². The molecule has 0 aliphatic carbocycles. The molecule has 168 valence electrons. The molecule has 1 atom stereocenters. The number of amides is 3. The Balaban J connectivity index is 1.54. The van der Waals surface area contributed by atoms with Crippen LogP contribution in [0.1, 0.15) is 21.5 Å². The van der Waals surface area contributed by atoms with E-state index in [0.717, 1.165) is 16.0 Å². The summed E-state index contributed by atoms with van der Waals surface area (Å²) in [4.78, 5) is 40.5. The maximum atomic E-state index is 13.5. The van der Waals surface area contributed by atoms with Crippen LogP contribution in [0, 0.1) is 0 Å². The van der Waals surface area contributed by atoms with Gasteiger partial charge in [0.15, 0.2) is 0 Å². The smallest absolute Gasteiger partial charge is 0.255 e. The lowest BCUT2D eigenvalue weighted by molar-refractivity contribution is -0.121. The third-order valence-corrected chi connectivity index (χ3v) is 6.70. The Kier molecular flexibility index (Phi) is 7.10. The van der Waals surface area contributed by atoms with Crippen LogP contribution in [0.25, 0.3) is 0 Å². The number of nitrogens with one attached hydrogen (secondary N) is 1. The van der Waals surface area contributed by atoms with Crippen molar-refractivity contribution in [3.8, 4) is 0 Å². The van der Waals surface area contributed by atoms with Crippen LogP contribution in [0.5, 0.6) is 0 Å². The standard InChI is InChI=1S/C26H25N3O3S/c27-25(31)22-17-33-23-12-11-20(28-24(30)15-19-9-5-2-6-10-19)16-21(23)26(32)29(22)14-13-18-7-3-1-4-8-18/h1-12,16,22H,13-15,17H2,(H2,27,31)(H,28,30). The molecule has 0 saturated heterocycles. The van der Waals surface area contributed by atoms with Gasteiger partial charge in [0.2, 0.25) is 11.8 Å². The highest BCUT2D eigenvalue weighted by molar-refractivity contribution is 7.99. The average Bonchev–Trinajstić information content (AvgIpc) is 2.95. The second-order valence-electron chi connectivity index (χ2n) is 7.88. The maximum absolute atomic E-state index is 13.5. The molecular formula is C26H25N3O3S. The van der Waals surface area contributed by atoms with E-state index in [1.807, 2.05) is 66.7 Å². The Morgan fingerprint density at radius 3 is 2.30 bits per heavy atom. The van der Waals surface area contributed by atoms with Crippen molar-refractivity contribution in [2.75, 3.05) is 17.6 Å². The van der Waals surface area contributed by atoms with Crippen molar-refractivity contribution in [1.29, 1.82) is 0 Å². The van der Waals surface area contributed by atoms with Gasteiger partial charge in [-0.25, -0.2) is 0 Å². The summed E-state index contributed by atoms with van der Waals surface area (Å²) in [5, 5.41) is 2.88. The highest BCUT2D eigenvalue weighted by Crippen LogP contribution is 2.32.